The summed E-state index contributed by atoms with van der Waals surface area (Å²) in [6.07, 6.45) is 0. The van der Waals surface area contributed by atoms with Crippen molar-refractivity contribution in [2.24, 2.45) is 5.92 Å². The second kappa shape index (κ2) is 5.95. The third-order valence-electron chi connectivity index (χ3n) is 3.20. The van der Waals surface area contributed by atoms with Gasteiger partial charge in [0.15, 0.2) is 0 Å². The van der Waals surface area contributed by atoms with Gasteiger partial charge in [0.2, 0.25) is 0 Å². The molecule has 0 saturated carbocycles. The van der Waals surface area contributed by atoms with E-state index in [1.54, 1.807) is 0 Å². The first-order chi connectivity index (χ1) is 9.40. The minimum atomic E-state index is -0.988. The molecule has 2 heterocycles. The van der Waals surface area contributed by atoms with Gasteiger partial charge in [0.05, 0.1) is 19.3 Å². The number of carboxylic acids is 1. The van der Waals surface area contributed by atoms with Crippen LogP contribution < -0.4 is 0 Å². The molecular formula is C12H12Cl2N2O4. The Labute approximate surface area is 125 Å². The van der Waals surface area contributed by atoms with Gasteiger partial charge in [-0.15, -0.1) is 0 Å². The maximum atomic E-state index is 12.3. The topological polar surface area (TPSA) is 79.7 Å². The highest BCUT2D eigenvalue weighted by molar-refractivity contribution is 6.33. The molecule has 2 unspecified atom stereocenters. The lowest BCUT2D eigenvalue weighted by Gasteiger charge is -2.26. The number of rotatable bonds is 3. The average Bonchev–Trinajstić information content (AvgIpc) is 2.85. The molecule has 1 saturated heterocycles. The van der Waals surface area contributed by atoms with Gasteiger partial charge in [-0.1, -0.05) is 23.2 Å². The molecule has 0 radical (unpaired) electrons. The summed E-state index contributed by atoms with van der Waals surface area (Å²) in [7, 11) is 1.53. The van der Waals surface area contributed by atoms with Crippen molar-refractivity contribution in [3.63, 3.8) is 0 Å². The first-order valence-corrected chi connectivity index (χ1v) is 6.56. The Hall–Kier alpha value is -1.37. The van der Waals surface area contributed by atoms with Crippen molar-refractivity contribution < 1.29 is 19.4 Å². The molecule has 1 aromatic heterocycles. The highest BCUT2D eigenvalue weighted by Gasteiger charge is 2.38. The second-order valence-corrected chi connectivity index (χ2v) is 5.24. The maximum Gasteiger partial charge on any atom is 0.311 e. The van der Waals surface area contributed by atoms with Gasteiger partial charge in [0, 0.05) is 12.6 Å². The zero-order valence-corrected chi connectivity index (χ0v) is 12.1. The van der Waals surface area contributed by atoms with Crippen LogP contribution in [0.15, 0.2) is 12.1 Å². The summed E-state index contributed by atoms with van der Waals surface area (Å²) >= 11 is 11.5. The van der Waals surface area contributed by atoms with E-state index in [2.05, 4.69) is 4.98 Å². The van der Waals surface area contributed by atoms with E-state index in [1.807, 2.05) is 0 Å². The molecule has 0 aliphatic carbocycles. The van der Waals surface area contributed by atoms with Crippen LogP contribution in [0.3, 0.4) is 0 Å². The van der Waals surface area contributed by atoms with Crippen molar-refractivity contribution in [1.82, 2.24) is 9.88 Å². The summed E-state index contributed by atoms with van der Waals surface area (Å²) in [6, 6.07) is 2.25. The van der Waals surface area contributed by atoms with Crippen molar-refractivity contribution in [2.75, 3.05) is 20.3 Å². The van der Waals surface area contributed by atoms with Crippen LogP contribution in [-0.2, 0) is 9.53 Å². The number of hydrogen-bond donors (Lipinski definition) is 1. The lowest BCUT2D eigenvalue weighted by Crippen LogP contribution is -2.44. The van der Waals surface area contributed by atoms with Gasteiger partial charge in [-0.2, -0.15) is 0 Å². The zero-order valence-electron chi connectivity index (χ0n) is 10.5. The molecule has 6 nitrogen and oxygen atoms in total. The fourth-order valence-electron chi connectivity index (χ4n) is 2.10. The monoisotopic (exact) mass is 318 g/mol. The first-order valence-electron chi connectivity index (χ1n) is 5.81. The van der Waals surface area contributed by atoms with Crippen molar-refractivity contribution in [3.05, 3.63) is 28.0 Å². The van der Waals surface area contributed by atoms with Gasteiger partial charge in [-0.25, -0.2) is 4.98 Å². The first kappa shape index (κ1) is 15.0. The number of hydrogen-bond acceptors (Lipinski definition) is 4. The minimum Gasteiger partial charge on any atom is -0.481 e. The summed E-state index contributed by atoms with van der Waals surface area (Å²) in [4.78, 5) is 28.5. The fourth-order valence-corrected chi connectivity index (χ4v) is 2.56. The van der Waals surface area contributed by atoms with E-state index in [-0.39, 0.29) is 35.0 Å². The minimum absolute atomic E-state index is 0.0927. The van der Waals surface area contributed by atoms with E-state index in [0.717, 1.165) is 0 Å². The Morgan fingerprint density at radius 1 is 1.35 bits per heavy atom. The van der Waals surface area contributed by atoms with Crippen LogP contribution in [0, 0.1) is 5.92 Å². The Kier molecular flexibility index (Phi) is 4.47. The molecule has 0 bridgehead atoms. The summed E-state index contributed by atoms with van der Waals surface area (Å²) in [5, 5.41) is 9.31. The molecule has 8 heteroatoms. The number of ether oxygens (including phenoxy) is 1. The standard InChI is InChI=1S/C12H12Cl2N2O4/c1-16(8-5-20-4-7(8)12(18)19)11(17)6-2-9(13)15-10(14)3-6/h2-3,7-8H,4-5H2,1H3,(H,18,19). The molecule has 1 aliphatic rings. The molecule has 1 amide bonds. The molecule has 2 rings (SSSR count). The van der Waals surface area contributed by atoms with Gasteiger partial charge in [0.25, 0.3) is 5.91 Å². The number of carbonyl (C=O) groups is 2. The van der Waals surface area contributed by atoms with Gasteiger partial charge in [-0.05, 0) is 12.1 Å². The van der Waals surface area contributed by atoms with E-state index in [1.165, 1.54) is 24.1 Å². The predicted molar refractivity (Wildman–Crippen MR) is 72.1 cm³/mol. The molecule has 108 valence electrons. The summed E-state index contributed by atoms with van der Waals surface area (Å²) in [6.45, 7) is 0.279. The third kappa shape index (κ3) is 3.03. The van der Waals surface area contributed by atoms with Gasteiger partial charge in [-0.3, -0.25) is 9.59 Å². The molecule has 1 N–H and O–H groups in total. The summed E-state index contributed by atoms with van der Waals surface area (Å²) < 4.78 is 5.15. The van der Waals surface area contributed by atoms with E-state index in [0.29, 0.717) is 0 Å². The quantitative estimate of drug-likeness (QED) is 0.855. The predicted octanol–water partition coefficient (Wildman–Crippen LogP) is 1.56. The largest absolute Gasteiger partial charge is 0.481 e. The van der Waals surface area contributed by atoms with Crippen LogP contribution in [0.1, 0.15) is 10.4 Å². The maximum absolute atomic E-state index is 12.3. The number of carboxylic acid groups (broad SMARTS) is 1. The lowest BCUT2D eigenvalue weighted by atomic mass is 10.0. The van der Waals surface area contributed by atoms with Crippen molar-refractivity contribution in [3.8, 4) is 0 Å². The molecule has 0 spiro atoms. The fraction of sp³-hybridized carbons (Fsp3) is 0.417. The van der Waals surface area contributed by atoms with Gasteiger partial charge >= 0.3 is 5.97 Å². The van der Waals surface area contributed by atoms with Crippen LogP contribution in [0.4, 0.5) is 0 Å². The number of pyridine rings is 1. The number of halogens is 2. The smallest absolute Gasteiger partial charge is 0.311 e. The normalized spacial score (nSPS) is 21.8. The highest BCUT2D eigenvalue weighted by Crippen LogP contribution is 2.22. The summed E-state index contributed by atoms with van der Waals surface area (Å²) in [5.74, 6) is -2.10. The van der Waals surface area contributed by atoms with Crippen molar-refractivity contribution in [2.45, 2.75) is 6.04 Å². The number of nitrogens with zero attached hydrogens (tertiary/aromatic N) is 2. The number of amides is 1. The van der Waals surface area contributed by atoms with E-state index < -0.39 is 17.9 Å². The molecule has 2 atom stereocenters. The number of carbonyl (C=O) groups excluding carboxylic acids is 1. The van der Waals surface area contributed by atoms with Crippen LogP contribution in [-0.4, -0.2) is 53.2 Å². The van der Waals surface area contributed by atoms with Gasteiger partial charge < -0.3 is 14.7 Å². The van der Waals surface area contributed by atoms with Crippen LogP contribution in [0.25, 0.3) is 0 Å². The molecule has 0 aromatic carbocycles. The Morgan fingerprint density at radius 3 is 2.50 bits per heavy atom. The highest BCUT2D eigenvalue weighted by atomic mass is 35.5. The summed E-state index contributed by atoms with van der Waals surface area (Å²) in [5.41, 5.74) is 0.258. The van der Waals surface area contributed by atoms with E-state index in [9.17, 15) is 9.59 Å². The average molecular weight is 319 g/mol. The van der Waals surface area contributed by atoms with Crippen LogP contribution in [0.2, 0.25) is 10.3 Å². The molecule has 20 heavy (non-hydrogen) atoms. The molecule has 1 fully saturated rings. The van der Waals surface area contributed by atoms with Gasteiger partial charge in [0.1, 0.15) is 16.2 Å². The Balaban J connectivity index is 2.22. The lowest BCUT2D eigenvalue weighted by molar-refractivity contribution is -0.142. The van der Waals surface area contributed by atoms with Crippen LogP contribution >= 0.6 is 23.2 Å². The molecule has 1 aromatic rings. The Morgan fingerprint density at radius 2 is 1.95 bits per heavy atom. The number of likely N-dealkylation sites (N-methyl/N-ethyl adjacent to an activating group) is 1. The van der Waals surface area contributed by atoms with E-state index >= 15 is 0 Å². The Bertz CT molecular complexity index is 532. The van der Waals surface area contributed by atoms with Crippen molar-refractivity contribution in [1.29, 1.82) is 0 Å². The van der Waals surface area contributed by atoms with E-state index in [4.69, 9.17) is 33.0 Å². The number of aromatic nitrogens is 1. The SMILES string of the molecule is CN(C(=O)c1cc(Cl)nc(Cl)c1)C1COCC1C(=O)O. The molecular weight excluding hydrogens is 307 g/mol. The number of aliphatic carboxylic acids is 1. The van der Waals surface area contributed by atoms with Crippen LogP contribution in [0.5, 0.6) is 0 Å². The van der Waals surface area contributed by atoms with Crippen molar-refractivity contribution >= 4 is 35.1 Å². The third-order valence-corrected chi connectivity index (χ3v) is 3.58. The zero-order chi connectivity index (χ0) is 14.9. The second-order valence-electron chi connectivity index (χ2n) is 4.47. The molecule has 1 aliphatic heterocycles.